The summed E-state index contributed by atoms with van der Waals surface area (Å²) in [6, 6.07) is 7.30. The van der Waals surface area contributed by atoms with Gasteiger partial charge in [0.15, 0.2) is 5.65 Å². The number of H-pyrrole nitrogens is 1. The van der Waals surface area contributed by atoms with Gasteiger partial charge in [0.1, 0.15) is 5.82 Å². The van der Waals surface area contributed by atoms with Crippen LogP contribution in [0.25, 0.3) is 21.9 Å². The molecule has 0 bridgehead atoms. The SMILES string of the molecule is O=C(O)CCc1nc2nc3ccc(Br)cc3cc2c(=O)[nH]1. The van der Waals surface area contributed by atoms with E-state index in [1.165, 1.54) is 0 Å². The van der Waals surface area contributed by atoms with Crippen molar-refractivity contribution < 1.29 is 9.90 Å². The first kappa shape index (κ1) is 13.7. The molecular formula is C14H10BrN3O3. The lowest BCUT2D eigenvalue weighted by Crippen LogP contribution is -2.13. The Bertz CT molecular complexity index is 920. The van der Waals surface area contributed by atoms with Crippen molar-refractivity contribution in [3.05, 3.63) is 44.9 Å². The van der Waals surface area contributed by atoms with Gasteiger partial charge in [-0.05, 0) is 24.3 Å². The molecular weight excluding hydrogens is 338 g/mol. The fourth-order valence-electron chi connectivity index (χ4n) is 2.09. The molecule has 3 rings (SSSR count). The molecule has 0 radical (unpaired) electrons. The zero-order valence-electron chi connectivity index (χ0n) is 10.8. The predicted molar refractivity (Wildman–Crippen MR) is 81.3 cm³/mol. The molecule has 0 spiro atoms. The van der Waals surface area contributed by atoms with Crippen LogP contribution in [0.15, 0.2) is 33.5 Å². The molecule has 1 aromatic carbocycles. The van der Waals surface area contributed by atoms with E-state index in [9.17, 15) is 9.59 Å². The summed E-state index contributed by atoms with van der Waals surface area (Å²) in [6.45, 7) is 0. The van der Waals surface area contributed by atoms with Crippen molar-refractivity contribution in [2.24, 2.45) is 0 Å². The highest BCUT2D eigenvalue weighted by atomic mass is 79.9. The second kappa shape index (κ2) is 5.25. The predicted octanol–water partition coefficient (Wildman–Crippen LogP) is 2.25. The van der Waals surface area contributed by atoms with Gasteiger partial charge in [-0.15, -0.1) is 0 Å². The minimum Gasteiger partial charge on any atom is -0.481 e. The van der Waals surface area contributed by atoms with Crippen molar-refractivity contribution >= 4 is 43.8 Å². The highest BCUT2D eigenvalue weighted by Gasteiger charge is 2.08. The second-order valence-corrected chi connectivity index (χ2v) is 5.52. The Morgan fingerprint density at radius 2 is 2.10 bits per heavy atom. The van der Waals surface area contributed by atoms with Gasteiger partial charge >= 0.3 is 5.97 Å². The number of carboxylic acids is 1. The third kappa shape index (κ3) is 2.78. The van der Waals surface area contributed by atoms with Crippen LogP contribution in [0.2, 0.25) is 0 Å². The average molecular weight is 348 g/mol. The van der Waals surface area contributed by atoms with Crippen LogP contribution in [0.4, 0.5) is 0 Å². The van der Waals surface area contributed by atoms with Crippen LogP contribution in [0.3, 0.4) is 0 Å². The van der Waals surface area contributed by atoms with Crippen LogP contribution >= 0.6 is 15.9 Å². The molecule has 2 heterocycles. The maximum atomic E-state index is 12.1. The van der Waals surface area contributed by atoms with E-state index in [1.54, 1.807) is 6.07 Å². The summed E-state index contributed by atoms with van der Waals surface area (Å²) in [6.07, 6.45) is 0.0789. The van der Waals surface area contributed by atoms with Crippen LogP contribution < -0.4 is 5.56 Å². The number of aromatic nitrogens is 3. The van der Waals surface area contributed by atoms with Crippen LogP contribution in [0.5, 0.6) is 0 Å². The van der Waals surface area contributed by atoms with Gasteiger partial charge in [-0.2, -0.15) is 0 Å². The Morgan fingerprint density at radius 3 is 2.86 bits per heavy atom. The number of carbonyl (C=O) groups is 1. The maximum Gasteiger partial charge on any atom is 0.303 e. The van der Waals surface area contributed by atoms with Gasteiger partial charge in [0, 0.05) is 16.3 Å². The lowest BCUT2D eigenvalue weighted by Gasteiger charge is -2.03. The number of halogens is 1. The molecule has 6 nitrogen and oxygen atoms in total. The summed E-state index contributed by atoms with van der Waals surface area (Å²) in [5.74, 6) is -0.604. The Hall–Kier alpha value is -2.28. The number of pyridine rings is 1. The fourth-order valence-corrected chi connectivity index (χ4v) is 2.47. The van der Waals surface area contributed by atoms with Crippen LogP contribution in [0, 0.1) is 0 Å². The summed E-state index contributed by atoms with van der Waals surface area (Å²) in [4.78, 5) is 33.9. The van der Waals surface area contributed by atoms with E-state index in [-0.39, 0.29) is 18.4 Å². The molecule has 0 aliphatic heterocycles. The first-order valence-corrected chi connectivity index (χ1v) is 7.03. The van der Waals surface area contributed by atoms with E-state index in [0.717, 1.165) is 15.4 Å². The van der Waals surface area contributed by atoms with Gasteiger partial charge in [0.05, 0.1) is 17.3 Å². The van der Waals surface area contributed by atoms with Crippen molar-refractivity contribution in [2.45, 2.75) is 12.8 Å². The molecule has 0 amide bonds. The van der Waals surface area contributed by atoms with E-state index in [4.69, 9.17) is 5.11 Å². The van der Waals surface area contributed by atoms with Gasteiger partial charge in [-0.25, -0.2) is 9.97 Å². The molecule has 0 saturated heterocycles. The van der Waals surface area contributed by atoms with E-state index in [1.807, 2.05) is 18.2 Å². The molecule has 2 N–H and O–H groups in total. The van der Waals surface area contributed by atoms with Gasteiger partial charge in [0.2, 0.25) is 0 Å². The Labute approximate surface area is 127 Å². The van der Waals surface area contributed by atoms with Crippen LogP contribution in [0.1, 0.15) is 12.2 Å². The van der Waals surface area contributed by atoms with Crippen LogP contribution in [-0.2, 0) is 11.2 Å². The molecule has 2 aromatic heterocycles. The summed E-state index contributed by atoms with van der Waals surface area (Å²) in [7, 11) is 0. The molecule has 0 atom stereocenters. The molecule has 7 heteroatoms. The molecule has 3 aromatic rings. The number of nitrogens with zero attached hydrogens (tertiary/aromatic N) is 2. The normalized spacial score (nSPS) is 11.1. The first-order chi connectivity index (χ1) is 10.0. The number of nitrogens with one attached hydrogen (secondary N) is 1. The largest absolute Gasteiger partial charge is 0.481 e. The van der Waals surface area contributed by atoms with E-state index >= 15 is 0 Å². The zero-order chi connectivity index (χ0) is 15.0. The number of aromatic amines is 1. The van der Waals surface area contributed by atoms with Crippen molar-refractivity contribution in [3.63, 3.8) is 0 Å². The smallest absolute Gasteiger partial charge is 0.303 e. The number of aryl methyl sites for hydroxylation is 1. The number of hydrogen-bond acceptors (Lipinski definition) is 4. The molecule has 0 aliphatic carbocycles. The third-order valence-corrected chi connectivity index (χ3v) is 3.57. The maximum absolute atomic E-state index is 12.1. The summed E-state index contributed by atoms with van der Waals surface area (Å²) in [5, 5.41) is 9.91. The highest BCUT2D eigenvalue weighted by Crippen LogP contribution is 2.20. The quantitative estimate of drug-likeness (QED) is 0.708. The number of fused-ring (bicyclic) bond motifs is 2. The topological polar surface area (TPSA) is 95.9 Å². The minimum atomic E-state index is -0.936. The standard InChI is InChI=1S/C14H10BrN3O3/c15-8-1-2-10-7(5-8)6-9-13(16-10)17-11(18-14(9)21)3-4-12(19)20/h1-2,5-6H,3-4H2,(H,19,20)(H,16,17,18,21). The van der Waals surface area contributed by atoms with Crippen molar-refractivity contribution in [1.82, 2.24) is 15.0 Å². The second-order valence-electron chi connectivity index (χ2n) is 4.60. The first-order valence-electron chi connectivity index (χ1n) is 6.24. The Balaban J connectivity index is 2.17. The van der Waals surface area contributed by atoms with Crippen molar-refractivity contribution in [3.8, 4) is 0 Å². The van der Waals surface area contributed by atoms with Gasteiger partial charge in [-0.1, -0.05) is 15.9 Å². The number of aliphatic carboxylic acids is 1. The number of benzene rings is 1. The summed E-state index contributed by atoms with van der Waals surface area (Å²) >= 11 is 3.38. The fraction of sp³-hybridized carbons (Fsp3) is 0.143. The number of hydrogen-bond donors (Lipinski definition) is 2. The van der Waals surface area contributed by atoms with Crippen LogP contribution in [-0.4, -0.2) is 26.0 Å². The average Bonchev–Trinajstić information content (AvgIpc) is 2.43. The van der Waals surface area contributed by atoms with Gasteiger partial charge < -0.3 is 10.1 Å². The molecule has 0 aliphatic rings. The van der Waals surface area contributed by atoms with Crippen molar-refractivity contribution in [1.29, 1.82) is 0 Å². The summed E-state index contributed by atoms with van der Waals surface area (Å²) < 4.78 is 0.901. The van der Waals surface area contributed by atoms with Gasteiger partial charge in [0.25, 0.3) is 5.56 Å². The summed E-state index contributed by atoms with van der Waals surface area (Å²) in [5.41, 5.74) is 0.747. The highest BCUT2D eigenvalue weighted by molar-refractivity contribution is 9.10. The lowest BCUT2D eigenvalue weighted by atomic mass is 10.2. The minimum absolute atomic E-state index is 0.0883. The molecule has 21 heavy (non-hydrogen) atoms. The van der Waals surface area contributed by atoms with E-state index in [2.05, 4.69) is 30.9 Å². The molecule has 106 valence electrons. The van der Waals surface area contributed by atoms with Gasteiger partial charge in [-0.3, -0.25) is 9.59 Å². The lowest BCUT2D eigenvalue weighted by molar-refractivity contribution is -0.137. The molecule has 0 saturated carbocycles. The monoisotopic (exact) mass is 347 g/mol. The van der Waals surface area contributed by atoms with Crippen molar-refractivity contribution in [2.75, 3.05) is 0 Å². The van der Waals surface area contributed by atoms with E-state index < -0.39 is 5.97 Å². The molecule has 0 unspecified atom stereocenters. The Kier molecular flexibility index (Phi) is 3.42. The molecule has 0 fully saturated rings. The number of carboxylic acid groups (broad SMARTS) is 1. The Morgan fingerprint density at radius 1 is 1.29 bits per heavy atom. The number of rotatable bonds is 3. The van der Waals surface area contributed by atoms with E-state index in [0.29, 0.717) is 16.9 Å². The third-order valence-electron chi connectivity index (χ3n) is 3.08. The zero-order valence-corrected chi connectivity index (χ0v) is 12.3.